The van der Waals surface area contributed by atoms with E-state index in [9.17, 15) is 13.2 Å². The van der Waals surface area contributed by atoms with E-state index in [1.54, 1.807) is 6.07 Å². The molecule has 1 N–H and O–H groups in total. The van der Waals surface area contributed by atoms with Crippen LogP contribution in [0.25, 0.3) is 11.0 Å². The third kappa shape index (κ3) is 3.50. The van der Waals surface area contributed by atoms with Crippen molar-refractivity contribution in [2.24, 2.45) is 0 Å². The fraction of sp³-hybridized carbons (Fsp3) is 0.500. The Kier molecular flexibility index (Phi) is 6.12. The second kappa shape index (κ2) is 7.06. The highest BCUT2D eigenvalue weighted by atomic mass is 35.5. The van der Waals surface area contributed by atoms with Crippen molar-refractivity contribution < 1.29 is 13.2 Å². The van der Waals surface area contributed by atoms with E-state index in [1.165, 1.54) is 0 Å². The fourth-order valence-corrected chi connectivity index (χ4v) is 2.92. The predicted molar refractivity (Wildman–Crippen MR) is 85.1 cm³/mol. The van der Waals surface area contributed by atoms with Crippen LogP contribution in [0.5, 0.6) is 0 Å². The van der Waals surface area contributed by atoms with E-state index < -0.39 is 11.7 Å². The molecule has 0 amide bonds. The molecule has 1 saturated heterocycles. The van der Waals surface area contributed by atoms with Crippen molar-refractivity contribution in [3.63, 3.8) is 0 Å². The Labute approximate surface area is 139 Å². The van der Waals surface area contributed by atoms with Crippen molar-refractivity contribution in [1.82, 2.24) is 14.9 Å². The van der Waals surface area contributed by atoms with Gasteiger partial charge < -0.3 is 9.88 Å². The summed E-state index contributed by atoms with van der Waals surface area (Å²) >= 11 is 0. The van der Waals surface area contributed by atoms with Gasteiger partial charge in [-0.05, 0) is 51.1 Å². The summed E-state index contributed by atoms with van der Waals surface area (Å²) < 4.78 is 40.3. The van der Waals surface area contributed by atoms with Crippen LogP contribution in [-0.2, 0) is 6.18 Å². The van der Waals surface area contributed by atoms with Crippen LogP contribution in [0.1, 0.15) is 30.3 Å². The van der Waals surface area contributed by atoms with Crippen LogP contribution in [0.2, 0.25) is 0 Å². The van der Waals surface area contributed by atoms with Crippen LogP contribution >= 0.6 is 24.8 Å². The van der Waals surface area contributed by atoms with Crippen molar-refractivity contribution in [3.05, 3.63) is 29.6 Å². The van der Waals surface area contributed by atoms with Crippen LogP contribution < -0.4 is 5.32 Å². The summed E-state index contributed by atoms with van der Waals surface area (Å²) in [6.45, 7) is 3.73. The maximum Gasteiger partial charge on any atom is 0.416 e. The number of fused-ring (bicyclic) bond motifs is 1. The molecule has 124 valence electrons. The van der Waals surface area contributed by atoms with E-state index in [2.05, 4.69) is 14.9 Å². The maximum absolute atomic E-state index is 12.7. The molecular formula is C14H18Cl2F3N3. The van der Waals surface area contributed by atoms with Crippen LogP contribution in [0.15, 0.2) is 18.2 Å². The molecule has 2 aromatic rings. The molecule has 1 aliphatic heterocycles. The lowest BCUT2D eigenvalue weighted by Gasteiger charge is -2.25. The highest BCUT2D eigenvalue weighted by molar-refractivity contribution is 5.85. The lowest BCUT2D eigenvalue weighted by Crippen LogP contribution is -2.29. The Hall–Kier alpha value is -0.980. The molecule has 3 rings (SSSR count). The molecule has 0 aliphatic carbocycles. The van der Waals surface area contributed by atoms with Gasteiger partial charge >= 0.3 is 6.18 Å². The Bertz CT molecular complexity index is 634. The van der Waals surface area contributed by atoms with E-state index in [0.717, 1.165) is 49.4 Å². The number of alkyl halides is 3. The lowest BCUT2D eigenvalue weighted by atomic mass is 10.1. The highest BCUT2D eigenvalue weighted by Gasteiger charge is 2.31. The first-order chi connectivity index (χ1) is 9.47. The molecule has 0 radical (unpaired) electrons. The second-order valence-electron chi connectivity index (χ2n) is 5.21. The zero-order chi connectivity index (χ0) is 14.3. The molecule has 0 saturated carbocycles. The van der Waals surface area contributed by atoms with Crippen molar-refractivity contribution in [3.8, 4) is 0 Å². The molecule has 22 heavy (non-hydrogen) atoms. The quantitative estimate of drug-likeness (QED) is 0.833. The Morgan fingerprint density at radius 2 is 1.82 bits per heavy atom. The Morgan fingerprint density at radius 1 is 1.18 bits per heavy atom. The van der Waals surface area contributed by atoms with Crippen molar-refractivity contribution >= 4 is 35.8 Å². The van der Waals surface area contributed by atoms with Crippen LogP contribution in [0.4, 0.5) is 13.2 Å². The molecule has 1 aliphatic rings. The van der Waals surface area contributed by atoms with Crippen molar-refractivity contribution in [2.75, 3.05) is 13.1 Å². The van der Waals surface area contributed by atoms with Gasteiger partial charge in [0.1, 0.15) is 5.82 Å². The average molecular weight is 356 g/mol. The number of imidazole rings is 1. The number of halogens is 5. The zero-order valence-electron chi connectivity index (χ0n) is 12.0. The summed E-state index contributed by atoms with van der Waals surface area (Å²) in [4.78, 5) is 4.31. The van der Waals surface area contributed by atoms with E-state index in [-0.39, 0.29) is 24.8 Å². The van der Waals surface area contributed by atoms with E-state index in [0.29, 0.717) is 11.6 Å². The summed E-state index contributed by atoms with van der Waals surface area (Å²) in [6, 6.07) is 4.14. The summed E-state index contributed by atoms with van der Waals surface area (Å²) in [5.41, 5.74) is 0.582. The lowest BCUT2D eigenvalue weighted by molar-refractivity contribution is -0.137. The smallest absolute Gasteiger partial charge is 0.325 e. The van der Waals surface area contributed by atoms with E-state index >= 15 is 0 Å². The number of hydrogen-bond acceptors (Lipinski definition) is 2. The minimum Gasteiger partial charge on any atom is -0.325 e. The van der Waals surface area contributed by atoms with Crippen LogP contribution in [0, 0.1) is 6.92 Å². The monoisotopic (exact) mass is 355 g/mol. The Balaban J connectivity index is 0.00000121. The minimum absolute atomic E-state index is 0. The van der Waals surface area contributed by atoms with Crippen molar-refractivity contribution in [2.45, 2.75) is 32.0 Å². The normalized spacial score (nSPS) is 16.2. The van der Waals surface area contributed by atoms with Gasteiger partial charge in [0.15, 0.2) is 0 Å². The molecular weight excluding hydrogens is 338 g/mol. The third-order valence-electron chi connectivity index (χ3n) is 3.87. The van der Waals surface area contributed by atoms with Gasteiger partial charge in [-0.15, -0.1) is 24.8 Å². The number of nitrogens with zero attached hydrogens (tertiary/aromatic N) is 2. The fourth-order valence-electron chi connectivity index (χ4n) is 2.92. The topological polar surface area (TPSA) is 29.9 Å². The summed E-state index contributed by atoms with van der Waals surface area (Å²) in [5.74, 6) is 0.784. The highest BCUT2D eigenvalue weighted by Crippen LogP contribution is 2.33. The summed E-state index contributed by atoms with van der Waals surface area (Å²) in [5, 5.41) is 3.29. The number of rotatable bonds is 1. The van der Waals surface area contributed by atoms with E-state index in [1.807, 2.05) is 6.92 Å². The first kappa shape index (κ1) is 19.1. The Morgan fingerprint density at radius 3 is 2.41 bits per heavy atom. The second-order valence-corrected chi connectivity index (χ2v) is 5.21. The first-order valence-corrected chi connectivity index (χ1v) is 6.73. The molecule has 0 atom stereocenters. The number of benzene rings is 1. The van der Waals surface area contributed by atoms with E-state index in [4.69, 9.17) is 0 Å². The van der Waals surface area contributed by atoms with Crippen molar-refractivity contribution in [1.29, 1.82) is 0 Å². The van der Waals surface area contributed by atoms with Gasteiger partial charge in [-0.25, -0.2) is 4.98 Å². The van der Waals surface area contributed by atoms with Crippen LogP contribution in [0.3, 0.4) is 0 Å². The molecule has 0 bridgehead atoms. The molecule has 3 nitrogen and oxygen atoms in total. The number of hydrogen-bond donors (Lipinski definition) is 1. The SMILES string of the molecule is Cc1nc2cc(C(F)(F)F)ccc2n1C1CCNCC1.Cl.Cl. The average Bonchev–Trinajstić information content (AvgIpc) is 2.73. The third-order valence-corrected chi connectivity index (χ3v) is 3.87. The summed E-state index contributed by atoms with van der Waals surface area (Å²) in [6.07, 6.45) is -2.36. The molecule has 1 aromatic heterocycles. The van der Waals surface area contributed by atoms with Gasteiger partial charge in [-0.2, -0.15) is 13.2 Å². The molecule has 2 heterocycles. The zero-order valence-corrected chi connectivity index (χ0v) is 13.6. The predicted octanol–water partition coefficient (Wildman–Crippen LogP) is 4.13. The number of nitrogens with one attached hydrogen (secondary N) is 1. The maximum atomic E-state index is 12.7. The minimum atomic E-state index is -4.32. The van der Waals surface area contributed by atoms with Gasteiger partial charge in [-0.3, -0.25) is 0 Å². The van der Waals surface area contributed by atoms with Gasteiger partial charge in [0.05, 0.1) is 16.6 Å². The molecule has 1 fully saturated rings. The number of piperidine rings is 1. The molecule has 8 heteroatoms. The summed E-state index contributed by atoms with van der Waals surface area (Å²) in [7, 11) is 0. The molecule has 0 spiro atoms. The first-order valence-electron chi connectivity index (χ1n) is 6.73. The number of aromatic nitrogens is 2. The number of aryl methyl sites for hydroxylation is 1. The largest absolute Gasteiger partial charge is 0.416 e. The van der Waals surface area contributed by atoms with Crippen LogP contribution in [-0.4, -0.2) is 22.6 Å². The molecule has 0 unspecified atom stereocenters. The van der Waals surface area contributed by atoms with Gasteiger partial charge in [0, 0.05) is 6.04 Å². The van der Waals surface area contributed by atoms with Gasteiger partial charge in [0.25, 0.3) is 0 Å². The standard InChI is InChI=1S/C14H16F3N3.2ClH/c1-9-19-12-8-10(14(15,16)17)2-3-13(12)20(9)11-4-6-18-7-5-11;;/h2-3,8,11,18H,4-7H2,1H3;2*1H. The van der Waals surface area contributed by atoms with Gasteiger partial charge in [-0.1, -0.05) is 0 Å². The van der Waals surface area contributed by atoms with Gasteiger partial charge in [0.2, 0.25) is 0 Å². The molecule has 1 aromatic carbocycles.